The first-order valence-corrected chi connectivity index (χ1v) is 9.47. The van der Waals surface area contributed by atoms with Gasteiger partial charge >= 0.3 is 0 Å². The smallest absolute Gasteiger partial charge is 0.258 e. The number of amides is 1. The summed E-state index contributed by atoms with van der Waals surface area (Å²) in [5.41, 5.74) is 1.57. The average molecular weight is 384 g/mol. The molecule has 6 heteroatoms. The van der Waals surface area contributed by atoms with Crippen molar-refractivity contribution in [3.05, 3.63) is 75.3 Å². The highest BCUT2D eigenvalue weighted by atomic mass is 35.5. The fourth-order valence-electron chi connectivity index (χ4n) is 3.05. The second kappa shape index (κ2) is 8.82. The Morgan fingerprint density at radius 1 is 1.19 bits per heavy atom. The highest BCUT2D eigenvalue weighted by Crippen LogP contribution is 2.19. The number of carbonyl (C=O) groups is 1. The molecule has 0 aliphatic heterocycles. The summed E-state index contributed by atoms with van der Waals surface area (Å²) >= 11 is 5.92. The lowest BCUT2D eigenvalue weighted by atomic mass is 10.0. The molecule has 0 radical (unpaired) electrons. The predicted octanol–water partition coefficient (Wildman–Crippen LogP) is 4.17. The second-order valence-electron chi connectivity index (χ2n) is 6.46. The molecule has 5 nitrogen and oxygen atoms in total. The van der Waals surface area contributed by atoms with E-state index in [1.165, 1.54) is 0 Å². The molecular weight excluding hydrogens is 362 g/mol. The molecule has 0 saturated carbocycles. The summed E-state index contributed by atoms with van der Waals surface area (Å²) in [4.78, 5) is 31.6. The number of halogens is 1. The number of benzene rings is 2. The van der Waals surface area contributed by atoms with Gasteiger partial charge in [-0.15, -0.1) is 0 Å². The molecule has 1 atom stereocenters. The molecule has 140 valence electrons. The second-order valence-corrected chi connectivity index (χ2v) is 6.90. The third kappa shape index (κ3) is 4.95. The van der Waals surface area contributed by atoms with E-state index in [1.807, 2.05) is 49.4 Å². The van der Waals surface area contributed by atoms with Crippen molar-refractivity contribution >= 4 is 28.4 Å². The number of aromatic amines is 1. The van der Waals surface area contributed by atoms with Gasteiger partial charge < -0.3 is 10.3 Å². The molecule has 0 spiro atoms. The van der Waals surface area contributed by atoms with Crippen molar-refractivity contribution in [2.24, 2.45) is 0 Å². The molecule has 0 aliphatic carbocycles. The van der Waals surface area contributed by atoms with Crippen LogP contribution in [-0.4, -0.2) is 15.9 Å². The Morgan fingerprint density at radius 3 is 2.67 bits per heavy atom. The normalized spacial score (nSPS) is 12.1. The fraction of sp³-hybridized carbons (Fsp3) is 0.286. The van der Waals surface area contributed by atoms with Crippen LogP contribution in [0.25, 0.3) is 10.9 Å². The monoisotopic (exact) mass is 383 g/mol. The maximum atomic E-state index is 12.3. The van der Waals surface area contributed by atoms with Gasteiger partial charge in [-0.1, -0.05) is 42.8 Å². The lowest BCUT2D eigenvalue weighted by molar-refractivity contribution is -0.122. The number of rotatable bonds is 7. The maximum absolute atomic E-state index is 12.3. The minimum absolute atomic E-state index is 0.0139. The van der Waals surface area contributed by atoms with Crippen LogP contribution < -0.4 is 10.9 Å². The highest BCUT2D eigenvalue weighted by Gasteiger charge is 2.13. The Labute approximate surface area is 162 Å². The van der Waals surface area contributed by atoms with Crippen LogP contribution >= 0.6 is 11.6 Å². The summed E-state index contributed by atoms with van der Waals surface area (Å²) in [6, 6.07) is 14.7. The third-order valence-electron chi connectivity index (χ3n) is 4.50. The van der Waals surface area contributed by atoms with Crippen LogP contribution in [0.1, 0.15) is 43.6 Å². The molecule has 2 N–H and O–H groups in total. The Balaban J connectivity index is 1.56. The van der Waals surface area contributed by atoms with E-state index in [4.69, 9.17) is 11.6 Å². The topological polar surface area (TPSA) is 74.8 Å². The lowest BCUT2D eigenvalue weighted by Crippen LogP contribution is -2.28. The van der Waals surface area contributed by atoms with E-state index in [9.17, 15) is 9.59 Å². The quantitative estimate of drug-likeness (QED) is 0.643. The molecule has 1 amide bonds. The fourth-order valence-corrected chi connectivity index (χ4v) is 3.18. The number of carbonyl (C=O) groups excluding carboxylic acids is 1. The van der Waals surface area contributed by atoms with Gasteiger partial charge in [0.2, 0.25) is 5.91 Å². The van der Waals surface area contributed by atoms with Crippen LogP contribution in [0.5, 0.6) is 0 Å². The number of hydrogen-bond donors (Lipinski definition) is 2. The molecule has 1 heterocycles. The van der Waals surface area contributed by atoms with Gasteiger partial charge in [-0.2, -0.15) is 0 Å². The van der Waals surface area contributed by atoms with E-state index in [1.54, 1.807) is 6.07 Å². The first-order chi connectivity index (χ1) is 13.1. The Kier molecular flexibility index (Phi) is 6.24. The van der Waals surface area contributed by atoms with E-state index in [2.05, 4.69) is 15.3 Å². The first-order valence-electron chi connectivity index (χ1n) is 9.09. The molecule has 27 heavy (non-hydrogen) atoms. The Bertz CT molecular complexity index is 983. The molecule has 1 unspecified atom stereocenters. The molecule has 0 bridgehead atoms. The Morgan fingerprint density at radius 2 is 1.93 bits per heavy atom. The number of nitrogens with one attached hydrogen (secondary N) is 2. The first kappa shape index (κ1) is 19.1. The SMILES string of the molecule is CCC(NC(=O)CCCc1nc2ccccc2c(=O)[nH]1)c1ccc(Cl)cc1. The number of H-pyrrole nitrogens is 1. The maximum Gasteiger partial charge on any atom is 0.258 e. The number of nitrogens with zero attached hydrogens (tertiary/aromatic N) is 1. The molecule has 3 rings (SSSR count). The summed E-state index contributed by atoms with van der Waals surface area (Å²) in [6.07, 6.45) is 2.34. The van der Waals surface area contributed by atoms with Gasteiger partial charge in [0.15, 0.2) is 0 Å². The molecule has 2 aromatic carbocycles. The van der Waals surface area contributed by atoms with Crippen LogP contribution in [0.4, 0.5) is 0 Å². The van der Waals surface area contributed by atoms with Crippen molar-refractivity contribution in [1.29, 1.82) is 0 Å². The minimum atomic E-state index is -0.145. The van der Waals surface area contributed by atoms with Crippen LogP contribution in [-0.2, 0) is 11.2 Å². The van der Waals surface area contributed by atoms with Crippen molar-refractivity contribution in [2.75, 3.05) is 0 Å². The molecule has 0 aliphatic rings. The van der Waals surface area contributed by atoms with Crippen LogP contribution in [0.2, 0.25) is 5.02 Å². The van der Waals surface area contributed by atoms with Gasteiger partial charge in [0.1, 0.15) is 5.82 Å². The van der Waals surface area contributed by atoms with Gasteiger partial charge in [0.25, 0.3) is 5.56 Å². The molecule has 0 fully saturated rings. The van der Waals surface area contributed by atoms with Gasteiger partial charge in [0, 0.05) is 17.9 Å². The lowest BCUT2D eigenvalue weighted by Gasteiger charge is -2.17. The third-order valence-corrected chi connectivity index (χ3v) is 4.75. The van der Waals surface area contributed by atoms with E-state index >= 15 is 0 Å². The summed E-state index contributed by atoms with van der Waals surface area (Å²) in [7, 11) is 0. The van der Waals surface area contributed by atoms with E-state index < -0.39 is 0 Å². The van der Waals surface area contributed by atoms with Gasteiger partial charge in [-0.3, -0.25) is 9.59 Å². The summed E-state index contributed by atoms with van der Waals surface area (Å²) in [5, 5.41) is 4.31. The summed E-state index contributed by atoms with van der Waals surface area (Å²) in [6.45, 7) is 2.03. The number of para-hydroxylation sites is 1. The largest absolute Gasteiger partial charge is 0.349 e. The van der Waals surface area contributed by atoms with Gasteiger partial charge in [0.05, 0.1) is 16.9 Å². The zero-order valence-corrected chi connectivity index (χ0v) is 15.9. The van der Waals surface area contributed by atoms with Gasteiger partial charge in [-0.05, 0) is 42.7 Å². The van der Waals surface area contributed by atoms with Crippen molar-refractivity contribution in [2.45, 2.75) is 38.6 Å². The van der Waals surface area contributed by atoms with Crippen LogP contribution in [0, 0.1) is 0 Å². The number of fused-ring (bicyclic) bond motifs is 1. The van der Waals surface area contributed by atoms with Crippen molar-refractivity contribution in [3.63, 3.8) is 0 Å². The van der Waals surface area contributed by atoms with E-state index in [0.29, 0.717) is 41.0 Å². The zero-order chi connectivity index (χ0) is 19.2. The molecule has 0 saturated heterocycles. The number of aryl methyl sites for hydroxylation is 1. The minimum Gasteiger partial charge on any atom is -0.349 e. The van der Waals surface area contributed by atoms with Gasteiger partial charge in [-0.25, -0.2) is 4.98 Å². The van der Waals surface area contributed by atoms with Crippen molar-refractivity contribution < 1.29 is 4.79 Å². The highest BCUT2D eigenvalue weighted by molar-refractivity contribution is 6.30. The number of hydrogen-bond acceptors (Lipinski definition) is 3. The predicted molar refractivity (Wildman–Crippen MR) is 108 cm³/mol. The zero-order valence-electron chi connectivity index (χ0n) is 15.2. The average Bonchev–Trinajstić information content (AvgIpc) is 2.67. The molecule has 1 aromatic heterocycles. The van der Waals surface area contributed by atoms with Crippen molar-refractivity contribution in [3.8, 4) is 0 Å². The Hall–Kier alpha value is -2.66. The van der Waals surface area contributed by atoms with Crippen LogP contribution in [0.3, 0.4) is 0 Å². The van der Waals surface area contributed by atoms with E-state index in [-0.39, 0.29) is 17.5 Å². The molecular formula is C21H22ClN3O2. The van der Waals surface area contributed by atoms with Crippen LogP contribution in [0.15, 0.2) is 53.3 Å². The molecule has 3 aromatic rings. The number of aromatic nitrogens is 2. The van der Waals surface area contributed by atoms with Crippen molar-refractivity contribution in [1.82, 2.24) is 15.3 Å². The summed E-state index contributed by atoms with van der Waals surface area (Å²) in [5.74, 6) is 0.594. The standard InChI is InChI=1S/C21H22ClN3O2/c1-2-17(14-10-12-15(22)13-11-14)24-20(26)9-5-8-19-23-18-7-4-3-6-16(18)21(27)25-19/h3-4,6-7,10-13,17H,2,5,8-9H2,1H3,(H,24,26)(H,23,25,27). The summed E-state index contributed by atoms with van der Waals surface area (Å²) < 4.78 is 0. The van der Waals surface area contributed by atoms with E-state index in [0.717, 1.165) is 12.0 Å².